The van der Waals surface area contributed by atoms with Gasteiger partial charge in [-0.15, -0.1) is 11.3 Å². The van der Waals surface area contributed by atoms with Gasteiger partial charge >= 0.3 is 0 Å². The van der Waals surface area contributed by atoms with Crippen LogP contribution in [0.2, 0.25) is 0 Å². The number of carbonyl (C=O) groups is 1. The molecule has 26 heavy (non-hydrogen) atoms. The summed E-state index contributed by atoms with van der Waals surface area (Å²) in [6, 6.07) is 7.53. The van der Waals surface area contributed by atoms with Crippen molar-refractivity contribution < 1.29 is 9.53 Å². The van der Waals surface area contributed by atoms with E-state index in [2.05, 4.69) is 15.0 Å². The third kappa shape index (κ3) is 3.53. The molecule has 0 spiro atoms. The number of rotatable bonds is 3. The minimum Gasteiger partial charge on any atom is -0.472 e. The van der Waals surface area contributed by atoms with Crippen LogP contribution in [-0.4, -0.2) is 45.0 Å². The van der Waals surface area contributed by atoms with Crippen molar-refractivity contribution in [3.63, 3.8) is 0 Å². The average molecular weight is 368 g/mol. The van der Waals surface area contributed by atoms with E-state index < -0.39 is 0 Å². The van der Waals surface area contributed by atoms with Crippen LogP contribution in [0.3, 0.4) is 0 Å². The van der Waals surface area contributed by atoms with E-state index in [9.17, 15) is 4.79 Å². The largest absolute Gasteiger partial charge is 0.472 e. The van der Waals surface area contributed by atoms with Gasteiger partial charge in [0, 0.05) is 23.9 Å². The predicted octanol–water partition coefficient (Wildman–Crippen LogP) is 3.39. The Morgan fingerprint density at radius 1 is 1.27 bits per heavy atom. The molecule has 0 saturated carbocycles. The van der Waals surface area contributed by atoms with Gasteiger partial charge in [-0.05, 0) is 44.9 Å². The van der Waals surface area contributed by atoms with E-state index in [1.807, 2.05) is 43.0 Å². The van der Waals surface area contributed by atoms with E-state index in [-0.39, 0.29) is 12.0 Å². The first-order chi connectivity index (χ1) is 12.6. The molecule has 0 radical (unpaired) electrons. The van der Waals surface area contributed by atoms with Gasteiger partial charge in [-0.25, -0.2) is 9.97 Å². The maximum atomic E-state index is 12.9. The molecule has 1 aliphatic heterocycles. The number of thiazole rings is 1. The van der Waals surface area contributed by atoms with E-state index in [4.69, 9.17) is 4.74 Å². The summed E-state index contributed by atoms with van der Waals surface area (Å²) in [5.41, 5.74) is 4.32. The molecular weight excluding hydrogens is 348 g/mol. The van der Waals surface area contributed by atoms with Gasteiger partial charge in [0.15, 0.2) is 0 Å². The van der Waals surface area contributed by atoms with Crippen LogP contribution in [0, 0.1) is 13.8 Å². The molecule has 1 saturated heterocycles. The molecule has 6 nitrogen and oxygen atoms in total. The van der Waals surface area contributed by atoms with Crippen LogP contribution in [0.5, 0.6) is 5.88 Å². The molecule has 3 aromatic rings. The molecule has 3 heterocycles. The lowest BCUT2D eigenvalue weighted by Gasteiger charge is -2.32. The summed E-state index contributed by atoms with van der Waals surface area (Å²) in [5.74, 6) is 1.32. The highest BCUT2D eigenvalue weighted by atomic mass is 32.1. The Balaban J connectivity index is 1.47. The summed E-state index contributed by atoms with van der Waals surface area (Å²) in [6.07, 6.45) is 1.79. The molecule has 0 bridgehead atoms. The second-order valence-corrected chi connectivity index (χ2v) is 7.45. The van der Waals surface area contributed by atoms with Crippen molar-refractivity contribution in [3.8, 4) is 5.88 Å². The third-order valence-corrected chi connectivity index (χ3v) is 5.27. The first-order valence-corrected chi connectivity index (χ1v) is 9.58. The summed E-state index contributed by atoms with van der Waals surface area (Å²) >= 11 is 1.55. The molecule has 0 aliphatic carbocycles. The number of piperidine rings is 1. The Morgan fingerprint density at radius 3 is 3.00 bits per heavy atom. The zero-order valence-electron chi connectivity index (χ0n) is 14.8. The van der Waals surface area contributed by atoms with Crippen LogP contribution in [0.25, 0.3) is 10.2 Å². The van der Waals surface area contributed by atoms with Crippen molar-refractivity contribution in [1.29, 1.82) is 0 Å². The molecule has 134 valence electrons. The van der Waals surface area contributed by atoms with Gasteiger partial charge in [0.25, 0.3) is 5.91 Å². The summed E-state index contributed by atoms with van der Waals surface area (Å²) in [5, 5.41) is 0. The molecule has 1 unspecified atom stereocenters. The fourth-order valence-electron chi connectivity index (χ4n) is 3.30. The quantitative estimate of drug-likeness (QED) is 0.709. The van der Waals surface area contributed by atoms with Crippen LogP contribution in [0.15, 0.2) is 29.8 Å². The van der Waals surface area contributed by atoms with Crippen molar-refractivity contribution in [2.24, 2.45) is 0 Å². The molecule has 2 aromatic heterocycles. The molecule has 0 N–H and O–H groups in total. The highest BCUT2D eigenvalue weighted by molar-refractivity contribution is 7.16. The van der Waals surface area contributed by atoms with Gasteiger partial charge < -0.3 is 9.64 Å². The number of fused-ring (bicyclic) bond motifs is 1. The first-order valence-electron chi connectivity index (χ1n) is 8.70. The Bertz CT molecular complexity index is 935. The van der Waals surface area contributed by atoms with Crippen LogP contribution >= 0.6 is 11.3 Å². The monoisotopic (exact) mass is 368 g/mol. The number of ether oxygens (including phenoxy) is 1. The number of hydrogen-bond acceptors (Lipinski definition) is 6. The molecular formula is C19H20N4O2S. The van der Waals surface area contributed by atoms with Crippen molar-refractivity contribution >= 4 is 27.5 Å². The number of aryl methyl sites for hydroxylation is 2. The minimum atomic E-state index is -0.0477. The topological polar surface area (TPSA) is 68.2 Å². The SMILES string of the molecule is Cc1cc(OC2CCCN(C(=O)c3ccc4ncsc4c3)C2)nc(C)n1. The smallest absolute Gasteiger partial charge is 0.254 e. The normalized spacial score (nSPS) is 17.5. The van der Waals surface area contributed by atoms with E-state index >= 15 is 0 Å². The fraction of sp³-hybridized carbons (Fsp3) is 0.368. The van der Waals surface area contributed by atoms with Gasteiger partial charge in [-0.2, -0.15) is 4.98 Å². The Labute approximate surface area is 155 Å². The number of likely N-dealkylation sites (tertiary alicyclic amines) is 1. The lowest BCUT2D eigenvalue weighted by molar-refractivity contribution is 0.0527. The molecule has 4 rings (SSSR count). The van der Waals surface area contributed by atoms with Crippen molar-refractivity contribution in [3.05, 3.63) is 46.9 Å². The molecule has 1 atom stereocenters. The second kappa shape index (κ2) is 6.99. The third-order valence-electron chi connectivity index (χ3n) is 4.47. The van der Waals surface area contributed by atoms with Crippen molar-refractivity contribution in [2.75, 3.05) is 13.1 Å². The van der Waals surface area contributed by atoms with Crippen LogP contribution in [0.4, 0.5) is 0 Å². The number of carbonyl (C=O) groups excluding carboxylic acids is 1. The molecule has 1 aliphatic rings. The summed E-state index contributed by atoms with van der Waals surface area (Å²) in [4.78, 5) is 27.7. The highest BCUT2D eigenvalue weighted by Gasteiger charge is 2.26. The Hall–Kier alpha value is -2.54. The van der Waals surface area contributed by atoms with Crippen molar-refractivity contribution in [2.45, 2.75) is 32.8 Å². The summed E-state index contributed by atoms with van der Waals surface area (Å²) in [7, 11) is 0. The Kier molecular flexibility index (Phi) is 4.55. The lowest BCUT2D eigenvalue weighted by Crippen LogP contribution is -2.44. The molecule has 1 aromatic carbocycles. The van der Waals surface area contributed by atoms with Crippen LogP contribution < -0.4 is 4.74 Å². The molecule has 1 fully saturated rings. The maximum Gasteiger partial charge on any atom is 0.254 e. The zero-order valence-corrected chi connectivity index (χ0v) is 15.6. The summed E-state index contributed by atoms with van der Waals surface area (Å²) < 4.78 is 7.07. The predicted molar refractivity (Wildman–Crippen MR) is 101 cm³/mol. The standard InChI is InChI=1S/C19H20N4O2S/c1-12-8-18(22-13(2)21-12)25-15-4-3-7-23(10-15)19(24)14-5-6-16-17(9-14)26-11-20-16/h5-6,8-9,11,15H,3-4,7,10H2,1-2H3. The van der Waals surface area contributed by atoms with E-state index in [1.54, 1.807) is 16.8 Å². The average Bonchev–Trinajstić information content (AvgIpc) is 3.08. The number of amides is 1. The summed E-state index contributed by atoms with van der Waals surface area (Å²) in [6.45, 7) is 5.10. The lowest BCUT2D eigenvalue weighted by atomic mass is 10.1. The van der Waals surface area contributed by atoms with Gasteiger partial charge in [0.2, 0.25) is 5.88 Å². The maximum absolute atomic E-state index is 12.9. The number of benzene rings is 1. The number of nitrogens with zero attached hydrogens (tertiary/aromatic N) is 4. The van der Waals surface area contributed by atoms with E-state index in [1.165, 1.54) is 0 Å². The second-order valence-electron chi connectivity index (χ2n) is 6.56. The molecule has 7 heteroatoms. The van der Waals surface area contributed by atoms with Crippen LogP contribution in [0.1, 0.15) is 34.7 Å². The van der Waals surface area contributed by atoms with E-state index in [0.29, 0.717) is 23.8 Å². The van der Waals surface area contributed by atoms with Crippen molar-refractivity contribution in [1.82, 2.24) is 19.9 Å². The van der Waals surface area contributed by atoms with Gasteiger partial charge in [0.05, 0.1) is 22.3 Å². The van der Waals surface area contributed by atoms with E-state index in [0.717, 1.165) is 35.3 Å². The van der Waals surface area contributed by atoms with Gasteiger partial charge in [0.1, 0.15) is 11.9 Å². The molecule has 1 amide bonds. The van der Waals surface area contributed by atoms with Crippen LogP contribution in [-0.2, 0) is 0 Å². The number of aromatic nitrogens is 3. The number of hydrogen-bond donors (Lipinski definition) is 0. The Morgan fingerprint density at radius 2 is 2.15 bits per heavy atom. The zero-order chi connectivity index (χ0) is 18.1. The van der Waals surface area contributed by atoms with Gasteiger partial charge in [-0.3, -0.25) is 4.79 Å². The minimum absolute atomic E-state index is 0.0450. The highest BCUT2D eigenvalue weighted by Crippen LogP contribution is 2.22. The fourth-order valence-corrected chi connectivity index (χ4v) is 4.02. The first kappa shape index (κ1) is 16.9. The van der Waals surface area contributed by atoms with Gasteiger partial charge in [-0.1, -0.05) is 0 Å².